The molecule has 2 rings (SSSR count). The summed E-state index contributed by atoms with van der Waals surface area (Å²) < 4.78 is 27.1. The van der Waals surface area contributed by atoms with Gasteiger partial charge in [-0.2, -0.15) is 4.31 Å². The zero-order valence-electron chi connectivity index (χ0n) is 14.3. The zero-order chi connectivity index (χ0) is 17.7. The Balaban J connectivity index is 2.20. The Morgan fingerprint density at radius 3 is 2.50 bits per heavy atom. The summed E-state index contributed by atoms with van der Waals surface area (Å²) in [6, 6.07) is 6.09. The van der Waals surface area contributed by atoms with E-state index in [0.717, 1.165) is 19.3 Å². The van der Waals surface area contributed by atoms with Gasteiger partial charge in [0.1, 0.15) is 0 Å². The van der Waals surface area contributed by atoms with Crippen LogP contribution in [0.15, 0.2) is 29.2 Å². The summed E-state index contributed by atoms with van der Waals surface area (Å²) in [5.74, 6) is -0.207. The fraction of sp³-hybridized carbons (Fsp3) is 0.588. The average Bonchev–Trinajstić information content (AvgIpc) is 2.59. The molecule has 1 fully saturated rings. The maximum atomic E-state index is 12.8. The zero-order valence-corrected chi connectivity index (χ0v) is 15.1. The highest BCUT2D eigenvalue weighted by molar-refractivity contribution is 7.89. The van der Waals surface area contributed by atoms with Gasteiger partial charge in [-0.25, -0.2) is 8.42 Å². The number of carbonyl (C=O) groups is 1. The summed E-state index contributed by atoms with van der Waals surface area (Å²) >= 11 is 0. The molecule has 1 saturated heterocycles. The molecule has 0 bridgehead atoms. The number of aliphatic hydroxyl groups excluding tert-OH is 1. The van der Waals surface area contributed by atoms with Crippen LogP contribution in [0.5, 0.6) is 0 Å². The van der Waals surface area contributed by atoms with E-state index in [0.29, 0.717) is 18.7 Å². The van der Waals surface area contributed by atoms with Gasteiger partial charge in [-0.15, -0.1) is 0 Å². The first-order chi connectivity index (χ1) is 11.4. The van der Waals surface area contributed by atoms with Gasteiger partial charge in [0.25, 0.3) is 5.91 Å². The molecule has 1 amide bonds. The van der Waals surface area contributed by atoms with Gasteiger partial charge in [0.2, 0.25) is 10.0 Å². The standard InChI is InChI=1S/C17H26N2O4S/c1-3-18(12-13-20)17(21)15-7-9-16(10-8-15)24(22,23)19-11-5-4-6-14(19)2/h7-10,14,20H,3-6,11-13H2,1-2H3. The van der Waals surface area contributed by atoms with Crippen LogP contribution in [0.2, 0.25) is 0 Å². The van der Waals surface area contributed by atoms with Crippen molar-refractivity contribution in [1.29, 1.82) is 0 Å². The first kappa shape index (κ1) is 18.9. The van der Waals surface area contributed by atoms with Crippen molar-refractivity contribution in [2.45, 2.75) is 44.0 Å². The molecule has 1 N–H and O–H groups in total. The molecule has 0 saturated carbocycles. The second-order valence-electron chi connectivity index (χ2n) is 6.09. The van der Waals surface area contributed by atoms with Crippen LogP contribution in [0.1, 0.15) is 43.5 Å². The number of hydrogen-bond acceptors (Lipinski definition) is 4. The van der Waals surface area contributed by atoms with Gasteiger partial charge in [0.05, 0.1) is 11.5 Å². The molecular weight excluding hydrogens is 328 g/mol. The Kier molecular flexibility index (Phi) is 6.37. The van der Waals surface area contributed by atoms with Gasteiger partial charge >= 0.3 is 0 Å². The molecule has 6 nitrogen and oxygen atoms in total. The number of likely N-dealkylation sites (N-methyl/N-ethyl adjacent to an activating group) is 1. The lowest BCUT2D eigenvalue weighted by Crippen LogP contribution is -2.41. The van der Waals surface area contributed by atoms with Crippen LogP contribution in [-0.4, -0.2) is 60.9 Å². The third-order valence-electron chi connectivity index (χ3n) is 4.49. The predicted octanol–water partition coefficient (Wildman–Crippen LogP) is 1.70. The molecule has 0 aromatic heterocycles. The number of aliphatic hydroxyl groups is 1. The second kappa shape index (κ2) is 8.09. The van der Waals surface area contributed by atoms with Gasteiger partial charge < -0.3 is 10.0 Å². The number of nitrogens with zero attached hydrogens (tertiary/aromatic N) is 2. The molecule has 1 aromatic carbocycles. The number of piperidine rings is 1. The van der Waals surface area contributed by atoms with Crippen molar-refractivity contribution in [2.75, 3.05) is 26.2 Å². The first-order valence-electron chi connectivity index (χ1n) is 8.43. The molecule has 1 unspecified atom stereocenters. The average molecular weight is 354 g/mol. The van der Waals surface area contributed by atoms with Crippen LogP contribution in [0.4, 0.5) is 0 Å². The number of hydrogen-bond donors (Lipinski definition) is 1. The van der Waals surface area contributed by atoms with E-state index in [2.05, 4.69) is 0 Å². The van der Waals surface area contributed by atoms with Gasteiger partial charge in [-0.05, 0) is 51.0 Å². The summed E-state index contributed by atoms with van der Waals surface area (Å²) in [7, 11) is -3.52. The van der Waals surface area contributed by atoms with Crippen molar-refractivity contribution < 1.29 is 18.3 Å². The minimum absolute atomic E-state index is 0.00481. The second-order valence-corrected chi connectivity index (χ2v) is 7.98. The molecule has 7 heteroatoms. The van der Waals surface area contributed by atoms with Crippen LogP contribution in [0.3, 0.4) is 0 Å². The quantitative estimate of drug-likeness (QED) is 0.843. The van der Waals surface area contributed by atoms with Gasteiger partial charge in [-0.3, -0.25) is 4.79 Å². The number of benzene rings is 1. The van der Waals surface area contributed by atoms with Crippen molar-refractivity contribution in [3.63, 3.8) is 0 Å². The maximum absolute atomic E-state index is 12.8. The predicted molar refractivity (Wildman–Crippen MR) is 92.3 cm³/mol. The number of carbonyl (C=O) groups excluding carboxylic acids is 1. The lowest BCUT2D eigenvalue weighted by Gasteiger charge is -2.32. The fourth-order valence-corrected chi connectivity index (χ4v) is 4.74. The summed E-state index contributed by atoms with van der Waals surface area (Å²) in [5.41, 5.74) is 0.427. The van der Waals surface area contributed by atoms with E-state index in [1.165, 1.54) is 17.0 Å². The molecule has 1 aliphatic heterocycles. The van der Waals surface area contributed by atoms with Crippen LogP contribution < -0.4 is 0 Å². The molecule has 1 atom stereocenters. The summed E-state index contributed by atoms with van der Waals surface area (Å²) in [4.78, 5) is 14.1. The summed E-state index contributed by atoms with van der Waals surface area (Å²) in [6.45, 7) is 4.97. The molecule has 1 aliphatic rings. The van der Waals surface area contributed by atoms with Crippen LogP contribution in [0, 0.1) is 0 Å². The van der Waals surface area contributed by atoms with Crippen molar-refractivity contribution in [3.05, 3.63) is 29.8 Å². The number of amides is 1. The third-order valence-corrected chi connectivity index (χ3v) is 6.52. The van der Waals surface area contributed by atoms with E-state index in [-0.39, 0.29) is 30.0 Å². The SMILES string of the molecule is CCN(CCO)C(=O)c1ccc(S(=O)(=O)N2CCCCC2C)cc1. The molecule has 1 heterocycles. The largest absolute Gasteiger partial charge is 0.395 e. The fourth-order valence-electron chi connectivity index (χ4n) is 3.04. The minimum atomic E-state index is -3.52. The lowest BCUT2D eigenvalue weighted by molar-refractivity contribution is 0.0732. The number of rotatable bonds is 6. The van der Waals surface area contributed by atoms with Gasteiger partial charge in [0, 0.05) is 31.2 Å². The lowest BCUT2D eigenvalue weighted by atomic mass is 10.1. The Bertz CT molecular complexity index is 658. The van der Waals surface area contributed by atoms with Crippen molar-refractivity contribution >= 4 is 15.9 Å². The van der Waals surface area contributed by atoms with E-state index in [4.69, 9.17) is 5.11 Å². The van der Waals surface area contributed by atoms with Crippen molar-refractivity contribution in [2.24, 2.45) is 0 Å². The van der Waals surface area contributed by atoms with Crippen molar-refractivity contribution in [3.8, 4) is 0 Å². The highest BCUT2D eigenvalue weighted by atomic mass is 32.2. The van der Waals surface area contributed by atoms with Crippen LogP contribution >= 0.6 is 0 Å². The van der Waals surface area contributed by atoms with E-state index in [1.54, 1.807) is 16.4 Å². The Morgan fingerprint density at radius 1 is 1.29 bits per heavy atom. The molecular formula is C17H26N2O4S. The Morgan fingerprint density at radius 2 is 1.96 bits per heavy atom. The Labute approximate surface area is 144 Å². The normalized spacial score (nSPS) is 19.2. The van der Waals surface area contributed by atoms with Gasteiger partial charge in [-0.1, -0.05) is 6.42 Å². The van der Waals surface area contributed by atoms with Gasteiger partial charge in [0.15, 0.2) is 0 Å². The molecule has 0 radical (unpaired) electrons. The first-order valence-corrected chi connectivity index (χ1v) is 9.88. The van der Waals surface area contributed by atoms with Crippen LogP contribution in [0.25, 0.3) is 0 Å². The van der Waals surface area contributed by atoms with Crippen LogP contribution in [-0.2, 0) is 10.0 Å². The number of sulfonamides is 1. The Hall–Kier alpha value is -1.44. The monoisotopic (exact) mass is 354 g/mol. The highest BCUT2D eigenvalue weighted by Gasteiger charge is 2.31. The minimum Gasteiger partial charge on any atom is -0.395 e. The molecule has 24 heavy (non-hydrogen) atoms. The van der Waals surface area contributed by atoms with Crippen molar-refractivity contribution in [1.82, 2.24) is 9.21 Å². The molecule has 1 aromatic rings. The third kappa shape index (κ3) is 3.96. The van der Waals surface area contributed by atoms with E-state index >= 15 is 0 Å². The topological polar surface area (TPSA) is 77.9 Å². The highest BCUT2D eigenvalue weighted by Crippen LogP contribution is 2.25. The molecule has 0 aliphatic carbocycles. The van der Waals surface area contributed by atoms with E-state index < -0.39 is 10.0 Å². The summed E-state index contributed by atoms with van der Waals surface area (Å²) in [6.07, 6.45) is 2.81. The van der Waals surface area contributed by atoms with E-state index in [9.17, 15) is 13.2 Å². The summed E-state index contributed by atoms with van der Waals surface area (Å²) in [5, 5.41) is 9.00. The smallest absolute Gasteiger partial charge is 0.253 e. The maximum Gasteiger partial charge on any atom is 0.253 e. The molecule has 134 valence electrons. The van der Waals surface area contributed by atoms with E-state index in [1.807, 2.05) is 13.8 Å². The molecule has 0 spiro atoms.